The monoisotopic (exact) mass is 455 g/mol. The summed E-state index contributed by atoms with van der Waals surface area (Å²) in [6.07, 6.45) is -0.775. The van der Waals surface area contributed by atoms with E-state index in [0.717, 1.165) is 11.1 Å². The largest absolute Gasteiger partial charge is 0.481 e. The zero-order valence-electron chi connectivity index (χ0n) is 18.0. The van der Waals surface area contributed by atoms with Crippen molar-refractivity contribution in [3.05, 3.63) is 119 Å². The number of ketones is 1. The summed E-state index contributed by atoms with van der Waals surface area (Å²) in [5, 5.41) is 3.21. The highest BCUT2D eigenvalue weighted by molar-refractivity contribution is 6.31. The van der Waals surface area contributed by atoms with Gasteiger partial charge in [-0.05, 0) is 48.4 Å². The third-order valence-electron chi connectivity index (χ3n) is 5.16. The fraction of sp³-hybridized carbons (Fsp3) is 0.0714. The minimum atomic E-state index is -0.775. The molecule has 1 atom stereocenters. The smallest absolute Gasteiger partial charge is 0.265 e. The van der Waals surface area contributed by atoms with Gasteiger partial charge in [0.05, 0.1) is 5.69 Å². The number of benzene rings is 4. The molecular weight excluding hydrogens is 434 g/mol. The van der Waals surface area contributed by atoms with E-state index >= 15 is 0 Å². The Morgan fingerprint density at radius 3 is 2.06 bits per heavy atom. The van der Waals surface area contributed by atoms with Gasteiger partial charge in [-0.3, -0.25) is 9.59 Å². The molecule has 0 saturated carbocycles. The topological polar surface area (TPSA) is 55.4 Å². The van der Waals surface area contributed by atoms with Crippen LogP contribution >= 0.6 is 11.6 Å². The number of carbonyl (C=O) groups excluding carboxylic acids is 2. The number of hydrogen-bond acceptors (Lipinski definition) is 3. The molecule has 0 aliphatic rings. The Kier molecular flexibility index (Phi) is 6.86. The van der Waals surface area contributed by atoms with Crippen LogP contribution in [0.4, 0.5) is 5.69 Å². The summed E-state index contributed by atoms with van der Waals surface area (Å²) < 4.78 is 5.82. The van der Waals surface area contributed by atoms with E-state index in [-0.39, 0.29) is 11.7 Å². The summed E-state index contributed by atoms with van der Waals surface area (Å²) in [5.41, 5.74) is 3.38. The van der Waals surface area contributed by atoms with Crippen LogP contribution in [0, 0.1) is 0 Å². The zero-order valence-corrected chi connectivity index (χ0v) is 18.8. The van der Waals surface area contributed by atoms with Crippen molar-refractivity contribution >= 4 is 29.0 Å². The molecule has 1 unspecified atom stereocenters. The maximum absolute atomic E-state index is 13.0. The standard InChI is InChI=1S/C28H22ClNO3/c1-19(33-24-15-12-21(13-16-24)20-8-4-2-5-9-20)28(32)30-26-17-14-23(29)18-25(26)27(31)22-10-6-3-7-11-22/h2-19H,1H3,(H,30,32). The molecule has 0 heterocycles. The molecule has 5 heteroatoms. The number of ether oxygens (including phenoxy) is 1. The van der Waals surface area contributed by atoms with Crippen LogP contribution in [0.2, 0.25) is 5.02 Å². The normalized spacial score (nSPS) is 11.5. The maximum atomic E-state index is 13.0. The van der Waals surface area contributed by atoms with E-state index in [1.54, 1.807) is 49.4 Å². The molecule has 0 radical (unpaired) electrons. The average molecular weight is 456 g/mol. The molecule has 0 aliphatic carbocycles. The third-order valence-corrected chi connectivity index (χ3v) is 5.40. The second-order valence-electron chi connectivity index (χ2n) is 7.52. The second kappa shape index (κ2) is 10.2. The van der Waals surface area contributed by atoms with Crippen LogP contribution < -0.4 is 10.1 Å². The lowest BCUT2D eigenvalue weighted by atomic mass is 10.0. The Hall–Kier alpha value is -3.89. The van der Waals surface area contributed by atoms with E-state index in [9.17, 15) is 9.59 Å². The second-order valence-corrected chi connectivity index (χ2v) is 7.96. The molecule has 1 N–H and O–H groups in total. The lowest BCUT2D eigenvalue weighted by molar-refractivity contribution is -0.122. The quantitative estimate of drug-likeness (QED) is 0.317. The fourth-order valence-corrected chi connectivity index (χ4v) is 3.58. The van der Waals surface area contributed by atoms with E-state index in [2.05, 4.69) is 5.32 Å². The number of rotatable bonds is 7. The summed E-state index contributed by atoms with van der Waals surface area (Å²) in [4.78, 5) is 25.8. The van der Waals surface area contributed by atoms with Gasteiger partial charge in [0.1, 0.15) is 5.75 Å². The van der Waals surface area contributed by atoms with Crippen molar-refractivity contribution in [1.82, 2.24) is 0 Å². The summed E-state index contributed by atoms with van der Waals surface area (Å²) in [5.74, 6) is -0.0148. The van der Waals surface area contributed by atoms with Crippen LogP contribution in [0.1, 0.15) is 22.8 Å². The molecule has 33 heavy (non-hydrogen) atoms. The number of amides is 1. The first-order valence-electron chi connectivity index (χ1n) is 10.5. The zero-order chi connectivity index (χ0) is 23.2. The molecule has 164 valence electrons. The van der Waals surface area contributed by atoms with Gasteiger partial charge in [0.15, 0.2) is 11.9 Å². The number of hydrogen-bond donors (Lipinski definition) is 1. The van der Waals surface area contributed by atoms with Crippen LogP contribution in [0.3, 0.4) is 0 Å². The van der Waals surface area contributed by atoms with Gasteiger partial charge in [0.25, 0.3) is 5.91 Å². The fourth-order valence-electron chi connectivity index (χ4n) is 3.41. The minimum absolute atomic E-state index is 0.224. The Balaban J connectivity index is 1.46. The van der Waals surface area contributed by atoms with Gasteiger partial charge in [0.2, 0.25) is 0 Å². The van der Waals surface area contributed by atoms with Gasteiger partial charge >= 0.3 is 0 Å². The Morgan fingerprint density at radius 1 is 0.788 bits per heavy atom. The number of nitrogens with one attached hydrogen (secondary N) is 1. The Bertz CT molecular complexity index is 1260. The molecule has 4 aromatic carbocycles. The van der Waals surface area contributed by atoms with E-state index in [1.807, 2.05) is 60.7 Å². The van der Waals surface area contributed by atoms with Crippen molar-refractivity contribution in [2.75, 3.05) is 5.32 Å². The molecule has 0 aliphatic heterocycles. The SMILES string of the molecule is CC(Oc1ccc(-c2ccccc2)cc1)C(=O)Nc1ccc(Cl)cc1C(=O)c1ccccc1. The van der Waals surface area contributed by atoms with Gasteiger partial charge in [-0.25, -0.2) is 0 Å². The molecule has 0 saturated heterocycles. The van der Waals surface area contributed by atoms with Gasteiger partial charge in [0, 0.05) is 16.1 Å². The van der Waals surface area contributed by atoms with E-state index in [0.29, 0.717) is 27.6 Å². The maximum Gasteiger partial charge on any atom is 0.265 e. The highest BCUT2D eigenvalue weighted by Gasteiger charge is 2.20. The van der Waals surface area contributed by atoms with Crippen molar-refractivity contribution in [2.24, 2.45) is 0 Å². The molecule has 4 aromatic rings. The predicted molar refractivity (Wildman–Crippen MR) is 132 cm³/mol. The van der Waals surface area contributed by atoms with Crippen molar-refractivity contribution < 1.29 is 14.3 Å². The number of anilines is 1. The van der Waals surface area contributed by atoms with Gasteiger partial charge < -0.3 is 10.1 Å². The van der Waals surface area contributed by atoms with E-state index < -0.39 is 6.10 Å². The van der Waals surface area contributed by atoms with Gasteiger partial charge in [-0.1, -0.05) is 84.4 Å². The highest BCUT2D eigenvalue weighted by atomic mass is 35.5. The average Bonchev–Trinajstić information content (AvgIpc) is 2.86. The summed E-state index contributed by atoms with van der Waals surface area (Å²) >= 11 is 6.12. The molecule has 1 amide bonds. The first-order chi connectivity index (χ1) is 16.0. The lowest BCUT2D eigenvalue weighted by Crippen LogP contribution is -2.30. The third kappa shape index (κ3) is 5.48. The van der Waals surface area contributed by atoms with Gasteiger partial charge in [-0.15, -0.1) is 0 Å². The molecule has 0 fully saturated rings. The van der Waals surface area contributed by atoms with Crippen LogP contribution in [-0.2, 0) is 4.79 Å². The van der Waals surface area contributed by atoms with Crippen LogP contribution in [-0.4, -0.2) is 17.8 Å². The molecule has 0 spiro atoms. The highest BCUT2D eigenvalue weighted by Crippen LogP contribution is 2.25. The molecule has 4 nitrogen and oxygen atoms in total. The minimum Gasteiger partial charge on any atom is -0.481 e. The summed E-state index contributed by atoms with van der Waals surface area (Å²) in [7, 11) is 0. The van der Waals surface area contributed by atoms with Crippen molar-refractivity contribution in [1.29, 1.82) is 0 Å². The molecular formula is C28H22ClNO3. The van der Waals surface area contributed by atoms with E-state index in [4.69, 9.17) is 16.3 Å². The van der Waals surface area contributed by atoms with Crippen LogP contribution in [0.25, 0.3) is 11.1 Å². The van der Waals surface area contributed by atoms with Crippen LogP contribution in [0.15, 0.2) is 103 Å². The summed E-state index contributed by atoms with van der Waals surface area (Å²) in [6.45, 7) is 1.66. The molecule has 4 rings (SSSR count). The predicted octanol–water partition coefficient (Wildman–Crippen LogP) is 6.64. The molecule has 0 aromatic heterocycles. The van der Waals surface area contributed by atoms with Crippen LogP contribution in [0.5, 0.6) is 5.75 Å². The lowest BCUT2D eigenvalue weighted by Gasteiger charge is -2.17. The first kappa shape index (κ1) is 22.3. The number of halogens is 1. The summed E-state index contributed by atoms with van der Waals surface area (Å²) in [6, 6.07) is 31.2. The first-order valence-corrected chi connectivity index (χ1v) is 10.9. The number of carbonyl (C=O) groups is 2. The van der Waals surface area contributed by atoms with Crippen molar-refractivity contribution in [3.8, 4) is 16.9 Å². The van der Waals surface area contributed by atoms with Crippen molar-refractivity contribution in [2.45, 2.75) is 13.0 Å². The van der Waals surface area contributed by atoms with Crippen molar-refractivity contribution in [3.63, 3.8) is 0 Å². The Morgan fingerprint density at radius 2 is 1.39 bits per heavy atom. The van der Waals surface area contributed by atoms with E-state index in [1.165, 1.54) is 0 Å². The van der Waals surface area contributed by atoms with Gasteiger partial charge in [-0.2, -0.15) is 0 Å². The molecule has 0 bridgehead atoms. The Labute approximate surface area is 197 Å².